The Morgan fingerprint density at radius 3 is 2.47 bits per heavy atom. The van der Waals surface area contributed by atoms with E-state index in [1.165, 1.54) is 4.31 Å². The average Bonchev–Trinajstić information content (AvgIpc) is 2.39. The van der Waals surface area contributed by atoms with Crippen LogP contribution >= 0.6 is 0 Å². The molecule has 2 aliphatic rings. The Morgan fingerprint density at radius 1 is 1.26 bits per heavy atom. The minimum atomic E-state index is -3.77. The number of carbonyl (C=O) groups excluding carboxylic acids is 2. The molecule has 0 radical (unpaired) electrons. The first-order chi connectivity index (χ1) is 8.96. The molecular formula is C10H18N4O4S. The van der Waals surface area contributed by atoms with Gasteiger partial charge in [0, 0.05) is 26.2 Å². The van der Waals surface area contributed by atoms with Crippen molar-refractivity contribution in [2.24, 2.45) is 0 Å². The van der Waals surface area contributed by atoms with Crippen LogP contribution in [0.3, 0.4) is 0 Å². The number of carbonyl (C=O) groups is 2. The molecule has 0 aromatic rings. The molecule has 1 unspecified atom stereocenters. The molecule has 2 amide bonds. The van der Waals surface area contributed by atoms with Crippen molar-refractivity contribution in [1.29, 1.82) is 0 Å². The topological polar surface area (TPSA) is 98.8 Å². The van der Waals surface area contributed by atoms with E-state index in [0.717, 1.165) is 4.31 Å². The Balaban J connectivity index is 2.25. The molecule has 0 saturated carbocycles. The van der Waals surface area contributed by atoms with Gasteiger partial charge in [-0.2, -0.15) is 17.0 Å². The van der Waals surface area contributed by atoms with Gasteiger partial charge >= 0.3 is 0 Å². The van der Waals surface area contributed by atoms with Crippen LogP contribution in [0.2, 0.25) is 0 Å². The van der Waals surface area contributed by atoms with Crippen LogP contribution in [0, 0.1) is 0 Å². The number of nitrogens with zero attached hydrogens (tertiary/aromatic N) is 2. The Kier molecular flexibility index (Phi) is 4.19. The lowest BCUT2D eigenvalue weighted by Gasteiger charge is -2.37. The molecule has 0 spiro atoms. The smallest absolute Gasteiger partial charge is 0.283 e. The lowest BCUT2D eigenvalue weighted by Crippen LogP contribution is -2.63. The summed E-state index contributed by atoms with van der Waals surface area (Å²) in [5.41, 5.74) is 0. The van der Waals surface area contributed by atoms with Crippen LogP contribution in [-0.2, 0) is 19.8 Å². The third kappa shape index (κ3) is 2.78. The van der Waals surface area contributed by atoms with Gasteiger partial charge in [0.05, 0.1) is 6.54 Å². The summed E-state index contributed by atoms with van der Waals surface area (Å²) in [7, 11) is -3.77. The van der Waals surface area contributed by atoms with Crippen molar-refractivity contribution >= 4 is 22.0 Å². The number of hydrogen-bond acceptors (Lipinski definition) is 5. The second-order valence-electron chi connectivity index (χ2n) is 4.54. The lowest BCUT2D eigenvalue weighted by molar-refractivity contribution is -0.137. The van der Waals surface area contributed by atoms with E-state index >= 15 is 0 Å². The molecule has 9 heteroatoms. The Labute approximate surface area is 112 Å². The number of amides is 2. The molecule has 0 aliphatic carbocycles. The maximum absolute atomic E-state index is 12.5. The van der Waals surface area contributed by atoms with Gasteiger partial charge in [0.1, 0.15) is 6.04 Å². The molecule has 0 aromatic heterocycles. The number of nitrogens with one attached hydrogen (secondary N) is 2. The van der Waals surface area contributed by atoms with Crippen LogP contribution in [-0.4, -0.2) is 67.6 Å². The van der Waals surface area contributed by atoms with E-state index < -0.39 is 28.1 Å². The van der Waals surface area contributed by atoms with E-state index in [2.05, 4.69) is 10.6 Å². The predicted molar refractivity (Wildman–Crippen MR) is 67.3 cm³/mol. The summed E-state index contributed by atoms with van der Waals surface area (Å²) in [6.07, 6.45) is 0.338. The monoisotopic (exact) mass is 290 g/mol. The molecule has 108 valence electrons. The van der Waals surface area contributed by atoms with Gasteiger partial charge in [-0.25, -0.2) is 0 Å². The van der Waals surface area contributed by atoms with Gasteiger partial charge in [-0.3, -0.25) is 14.9 Å². The maximum Gasteiger partial charge on any atom is 0.283 e. The van der Waals surface area contributed by atoms with Crippen LogP contribution in [0.25, 0.3) is 0 Å². The van der Waals surface area contributed by atoms with Gasteiger partial charge in [0.2, 0.25) is 11.8 Å². The van der Waals surface area contributed by atoms with Crippen molar-refractivity contribution in [2.45, 2.75) is 19.4 Å². The minimum Gasteiger partial charge on any atom is -0.314 e. The normalized spacial score (nSPS) is 27.3. The first-order valence-electron chi connectivity index (χ1n) is 6.28. The van der Waals surface area contributed by atoms with Crippen LogP contribution in [0.15, 0.2) is 0 Å². The first-order valence-corrected chi connectivity index (χ1v) is 7.68. The maximum atomic E-state index is 12.5. The molecule has 2 fully saturated rings. The van der Waals surface area contributed by atoms with Crippen molar-refractivity contribution in [1.82, 2.24) is 19.2 Å². The number of rotatable bonds is 3. The third-order valence-electron chi connectivity index (χ3n) is 3.30. The van der Waals surface area contributed by atoms with E-state index in [1.807, 2.05) is 0 Å². The molecule has 2 N–H and O–H groups in total. The zero-order valence-electron chi connectivity index (χ0n) is 10.8. The highest BCUT2D eigenvalue weighted by atomic mass is 32.2. The highest BCUT2D eigenvalue weighted by Crippen LogP contribution is 2.18. The van der Waals surface area contributed by atoms with Crippen molar-refractivity contribution in [3.63, 3.8) is 0 Å². The standard InChI is InChI=1S/C10H18N4O4S/c1-2-8-10(16)12-9(15)7-14(8)19(17,18)13-5-3-11-4-6-13/h8,11H,2-7H2,1H3,(H,12,15,16). The summed E-state index contributed by atoms with van der Waals surface area (Å²) in [6.45, 7) is 3.28. The minimum absolute atomic E-state index is 0.295. The molecular weight excluding hydrogens is 272 g/mol. The predicted octanol–water partition coefficient (Wildman–Crippen LogP) is -2.13. The van der Waals surface area contributed by atoms with Crippen LogP contribution in [0.4, 0.5) is 0 Å². The lowest BCUT2D eigenvalue weighted by atomic mass is 10.2. The first kappa shape index (κ1) is 14.4. The molecule has 2 heterocycles. The van der Waals surface area contributed by atoms with Crippen molar-refractivity contribution in [3.05, 3.63) is 0 Å². The number of hydrogen-bond donors (Lipinski definition) is 2. The highest BCUT2D eigenvalue weighted by Gasteiger charge is 2.42. The molecule has 0 bridgehead atoms. The number of piperazine rings is 2. The summed E-state index contributed by atoms with van der Waals surface area (Å²) in [4.78, 5) is 23.1. The van der Waals surface area contributed by atoms with Crippen molar-refractivity contribution in [2.75, 3.05) is 32.7 Å². The van der Waals surface area contributed by atoms with Gasteiger partial charge in [-0.05, 0) is 6.42 Å². The van der Waals surface area contributed by atoms with Gasteiger partial charge < -0.3 is 5.32 Å². The molecule has 0 aromatic carbocycles. The SMILES string of the molecule is CCC1C(=O)NC(=O)CN1S(=O)(=O)N1CCNCC1. The van der Waals surface area contributed by atoms with Gasteiger partial charge in [-0.15, -0.1) is 0 Å². The molecule has 19 heavy (non-hydrogen) atoms. The average molecular weight is 290 g/mol. The summed E-state index contributed by atoms with van der Waals surface area (Å²) in [6, 6.07) is -0.808. The van der Waals surface area contributed by atoms with Crippen molar-refractivity contribution in [3.8, 4) is 0 Å². The zero-order valence-corrected chi connectivity index (χ0v) is 11.6. The number of imide groups is 1. The van der Waals surface area contributed by atoms with Crippen LogP contribution in [0.5, 0.6) is 0 Å². The van der Waals surface area contributed by atoms with Crippen LogP contribution in [0.1, 0.15) is 13.3 Å². The largest absolute Gasteiger partial charge is 0.314 e. The summed E-state index contributed by atoms with van der Waals surface area (Å²) in [5, 5.41) is 5.23. The quantitative estimate of drug-likeness (QED) is 0.579. The second kappa shape index (κ2) is 5.53. The molecule has 2 saturated heterocycles. The molecule has 1 atom stereocenters. The Bertz CT molecular complexity index is 472. The fourth-order valence-corrected chi connectivity index (χ4v) is 4.08. The summed E-state index contributed by atoms with van der Waals surface area (Å²) in [5.74, 6) is -1.12. The fraction of sp³-hybridized carbons (Fsp3) is 0.800. The highest BCUT2D eigenvalue weighted by molar-refractivity contribution is 7.86. The van der Waals surface area contributed by atoms with E-state index in [9.17, 15) is 18.0 Å². The fourth-order valence-electron chi connectivity index (χ4n) is 2.30. The Hall–Kier alpha value is -1.03. The van der Waals surface area contributed by atoms with E-state index in [0.29, 0.717) is 32.6 Å². The molecule has 2 aliphatic heterocycles. The second-order valence-corrected chi connectivity index (χ2v) is 6.42. The van der Waals surface area contributed by atoms with Gasteiger partial charge in [0.15, 0.2) is 0 Å². The van der Waals surface area contributed by atoms with Gasteiger partial charge in [0.25, 0.3) is 10.2 Å². The van der Waals surface area contributed by atoms with E-state index in [4.69, 9.17) is 0 Å². The van der Waals surface area contributed by atoms with E-state index in [-0.39, 0.29) is 6.54 Å². The third-order valence-corrected chi connectivity index (χ3v) is 5.29. The molecule has 8 nitrogen and oxygen atoms in total. The summed E-state index contributed by atoms with van der Waals surface area (Å²) >= 11 is 0. The Morgan fingerprint density at radius 2 is 1.89 bits per heavy atom. The van der Waals surface area contributed by atoms with Crippen LogP contribution < -0.4 is 10.6 Å². The van der Waals surface area contributed by atoms with Crippen molar-refractivity contribution < 1.29 is 18.0 Å². The van der Waals surface area contributed by atoms with E-state index in [1.54, 1.807) is 6.92 Å². The van der Waals surface area contributed by atoms with Gasteiger partial charge in [-0.1, -0.05) is 6.92 Å². The zero-order chi connectivity index (χ0) is 14.0. The molecule has 2 rings (SSSR count). The summed E-state index contributed by atoms with van der Waals surface area (Å²) < 4.78 is 27.3.